The molecule has 1 saturated heterocycles. The molecule has 1 fully saturated rings. The Morgan fingerprint density at radius 3 is 2.74 bits per heavy atom. The Morgan fingerprint density at radius 1 is 1.29 bits per heavy atom. The Labute approximate surface area is 202 Å². The number of carbonyl (C=O) groups excluding carboxylic acids is 1. The Bertz CT molecular complexity index is 1320. The molecule has 34 heavy (non-hydrogen) atoms. The fourth-order valence-corrected chi connectivity index (χ4v) is 10.7. The number of hydrogen-bond acceptors (Lipinski definition) is 7. The Balaban J connectivity index is 1.78. The third-order valence-electron chi connectivity index (χ3n) is 5.48. The number of likely N-dealkylation sites (tertiary alicyclic amines) is 1. The van der Waals surface area contributed by atoms with Gasteiger partial charge in [-0.3, -0.25) is 0 Å². The van der Waals surface area contributed by atoms with Crippen molar-refractivity contribution in [1.82, 2.24) is 25.1 Å². The number of hydrogen-bond donors (Lipinski definition) is 1. The Kier molecular flexibility index (Phi) is 6.70. The van der Waals surface area contributed by atoms with Crippen molar-refractivity contribution in [3.05, 3.63) is 36.5 Å². The first-order valence-corrected chi connectivity index (χ1v) is 15.7. The van der Waals surface area contributed by atoms with Crippen LogP contribution in [-0.4, -0.2) is 79.2 Å². The van der Waals surface area contributed by atoms with Gasteiger partial charge in [-0.1, -0.05) is 0 Å². The number of amides is 1. The van der Waals surface area contributed by atoms with Gasteiger partial charge in [0, 0.05) is 0 Å². The van der Waals surface area contributed by atoms with Crippen molar-refractivity contribution in [2.45, 2.75) is 48.8 Å². The van der Waals surface area contributed by atoms with Crippen LogP contribution in [0.5, 0.6) is 0 Å². The van der Waals surface area contributed by atoms with E-state index in [1.54, 1.807) is 17.2 Å². The SMILES string of the molecule is CC(C)(C)OC(=O)N1CCCC([As](c2ccc(S(C)(=O)=O)cc2F)c2ncnc3[nH]ncc23)C1. The monoisotopic (exact) mass is 551 g/mol. The number of H-pyrrole nitrogens is 1. The summed E-state index contributed by atoms with van der Waals surface area (Å²) in [6.07, 6.45) is 5.25. The van der Waals surface area contributed by atoms with Crippen LogP contribution in [0, 0.1) is 5.82 Å². The van der Waals surface area contributed by atoms with Crippen molar-refractivity contribution in [1.29, 1.82) is 0 Å². The summed E-state index contributed by atoms with van der Waals surface area (Å²) in [6.45, 7) is 6.43. The van der Waals surface area contributed by atoms with Gasteiger partial charge in [0.15, 0.2) is 0 Å². The normalized spacial score (nSPS) is 18.1. The summed E-state index contributed by atoms with van der Waals surface area (Å²) in [5, 5.41) is 7.62. The third kappa shape index (κ3) is 5.25. The molecule has 4 rings (SSSR count). The van der Waals surface area contributed by atoms with Crippen molar-refractivity contribution >= 4 is 50.4 Å². The average Bonchev–Trinajstić information content (AvgIpc) is 3.23. The predicted molar refractivity (Wildman–Crippen MR) is 127 cm³/mol. The molecule has 1 aliphatic rings. The fraction of sp³-hybridized carbons (Fsp3) is 0.455. The molecule has 3 heterocycles. The van der Waals surface area contributed by atoms with Crippen molar-refractivity contribution in [2.75, 3.05) is 19.3 Å². The van der Waals surface area contributed by atoms with E-state index in [4.69, 9.17) is 4.74 Å². The second-order valence-electron chi connectivity index (χ2n) is 9.31. The number of benzene rings is 1. The molecule has 2 aromatic heterocycles. The van der Waals surface area contributed by atoms with E-state index >= 15 is 4.39 Å². The minimum atomic E-state index is -3.55. The summed E-state index contributed by atoms with van der Waals surface area (Å²) in [5.74, 6) is -0.576. The van der Waals surface area contributed by atoms with E-state index in [-0.39, 0.29) is 9.60 Å². The Morgan fingerprint density at radius 2 is 2.06 bits per heavy atom. The van der Waals surface area contributed by atoms with Crippen LogP contribution in [0.15, 0.2) is 35.6 Å². The van der Waals surface area contributed by atoms with Crippen molar-refractivity contribution in [3.63, 3.8) is 0 Å². The van der Waals surface area contributed by atoms with Crippen molar-refractivity contribution in [2.24, 2.45) is 0 Å². The van der Waals surface area contributed by atoms with Crippen molar-refractivity contribution < 1.29 is 22.3 Å². The molecule has 182 valence electrons. The first-order chi connectivity index (χ1) is 15.9. The summed E-state index contributed by atoms with van der Waals surface area (Å²) in [7, 11) is -3.55. The van der Waals surface area contributed by atoms with Gasteiger partial charge < -0.3 is 0 Å². The first kappa shape index (κ1) is 24.6. The molecule has 1 N–H and O–H groups in total. The van der Waals surface area contributed by atoms with Gasteiger partial charge in [0.25, 0.3) is 0 Å². The number of aromatic amines is 1. The minimum absolute atomic E-state index is 0.0413. The number of nitrogens with one attached hydrogen (secondary N) is 1. The van der Waals surface area contributed by atoms with E-state index in [9.17, 15) is 13.2 Å². The number of aromatic nitrogens is 4. The standard InChI is InChI=1S/C22H27AsFN5O4S/c1-22(2,3)33-21(30)29-9-5-6-14(12-29)23(19-16-11-27-28-20(16)26-13-25-19)17-8-7-15(10-18(17)24)34(4,31)32/h7-8,10-11,13-14H,5-6,9,12H2,1-4H3,(H,25,26,27,28). The summed E-state index contributed by atoms with van der Waals surface area (Å²) in [4.78, 5) is 23.2. The zero-order valence-corrected chi connectivity index (χ0v) is 22.1. The van der Waals surface area contributed by atoms with Crippen molar-refractivity contribution in [3.8, 4) is 0 Å². The van der Waals surface area contributed by atoms with E-state index in [1.165, 1.54) is 12.4 Å². The summed E-state index contributed by atoms with van der Waals surface area (Å²) < 4.78 is 46.1. The molecule has 1 aromatic carbocycles. The van der Waals surface area contributed by atoms with Gasteiger partial charge >= 0.3 is 203 Å². The van der Waals surface area contributed by atoms with Gasteiger partial charge in [-0.05, 0) is 0 Å². The number of halogens is 1. The van der Waals surface area contributed by atoms with E-state index in [0.717, 1.165) is 25.2 Å². The van der Waals surface area contributed by atoms with Gasteiger partial charge in [-0.25, -0.2) is 0 Å². The van der Waals surface area contributed by atoms with Gasteiger partial charge in [-0.15, -0.1) is 0 Å². The first-order valence-electron chi connectivity index (χ1n) is 10.8. The van der Waals surface area contributed by atoms with Gasteiger partial charge in [-0.2, -0.15) is 0 Å². The molecule has 1 aliphatic heterocycles. The van der Waals surface area contributed by atoms with Crippen LogP contribution in [0.4, 0.5) is 9.18 Å². The number of fused-ring (bicyclic) bond motifs is 1. The number of ether oxygens (including phenoxy) is 1. The fourth-order valence-electron chi connectivity index (χ4n) is 4.00. The maximum absolute atomic E-state index is 15.5. The van der Waals surface area contributed by atoms with E-state index in [0.29, 0.717) is 33.0 Å². The second-order valence-corrected chi connectivity index (χ2v) is 16.3. The molecule has 1 amide bonds. The number of piperidine rings is 1. The topological polar surface area (TPSA) is 118 Å². The molecule has 0 saturated carbocycles. The molecular formula is C22H27AsFN5O4S. The molecule has 0 bridgehead atoms. The molecular weight excluding hydrogens is 524 g/mol. The Hall–Kier alpha value is -2.52. The van der Waals surface area contributed by atoms with E-state index in [2.05, 4.69) is 20.2 Å². The van der Waals surface area contributed by atoms with Gasteiger partial charge in [0.05, 0.1) is 0 Å². The van der Waals surface area contributed by atoms with Crippen LogP contribution >= 0.6 is 0 Å². The molecule has 2 unspecified atom stereocenters. The molecule has 12 heteroatoms. The zero-order valence-electron chi connectivity index (χ0n) is 19.4. The third-order valence-corrected chi connectivity index (χ3v) is 12.6. The average molecular weight is 551 g/mol. The van der Waals surface area contributed by atoms with Crippen LogP contribution in [0.1, 0.15) is 33.6 Å². The zero-order chi connectivity index (χ0) is 24.7. The maximum atomic E-state index is 15.5. The molecule has 9 nitrogen and oxygen atoms in total. The van der Waals surface area contributed by atoms with Crippen LogP contribution in [-0.2, 0) is 14.6 Å². The van der Waals surface area contributed by atoms with Gasteiger partial charge in [0.1, 0.15) is 0 Å². The number of sulfone groups is 1. The predicted octanol–water partition coefficient (Wildman–Crippen LogP) is 1.91. The summed E-state index contributed by atoms with van der Waals surface area (Å²) in [6, 6.07) is 4.08. The van der Waals surface area contributed by atoms with Gasteiger partial charge in [0.2, 0.25) is 0 Å². The number of rotatable bonds is 4. The van der Waals surface area contributed by atoms with E-state index < -0.39 is 42.0 Å². The van der Waals surface area contributed by atoms with Crippen LogP contribution < -0.4 is 8.83 Å². The van der Waals surface area contributed by atoms with Crippen LogP contribution in [0.2, 0.25) is 4.71 Å². The quantitative estimate of drug-likeness (QED) is 0.493. The molecule has 2 atom stereocenters. The molecule has 0 radical (unpaired) electrons. The van der Waals surface area contributed by atoms with E-state index in [1.807, 2.05) is 20.8 Å². The number of carbonyl (C=O) groups is 1. The molecule has 0 aliphatic carbocycles. The number of nitrogens with zero attached hydrogens (tertiary/aromatic N) is 4. The second kappa shape index (κ2) is 9.26. The molecule has 3 aromatic rings. The van der Waals surface area contributed by atoms with Crippen LogP contribution in [0.25, 0.3) is 11.0 Å². The summed E-state index contributed by atoms with van der Waals surface area (Å²) in [5.41, 5.74) is -0.0673. The summed E-state index contributed by atoms with van der Waals surface area (Å²) >= 11 is -2.52. The van der Waals surface area contributed by atoms with Crippen LogP contribution in [0.3, 0.4) is 0 Å². The molecule has 0 spiro atoms.